The van der Waals surface area contributed by atoms with Crippen molar-refractivity contribution in [1.82, 2.24) is 10.2 Å². The number of rotatable bonds is 9. The van der Waals surface area contributed by atoms with Crippen molar-refractivity contribution in [3.8, 4) is 0 Å². The van der Waals surface area contributed by atoms with Crippen molar-refractivity contribution in [2.75, 3.05) is 17.1 Å². The monoisotopic (exact) mass is 483 g/mol. The summed E-state index contributed by atoms with van der Waals surface area (Å²) in [6.45, 7) is 4.63. The highest BCUT2D eigenvalue weighted by Gasteiger charge is 2.30. The Morgan fingerprint density at radius 1 is 1.09 bits per heavy atom. The third-order valence-corrected chi connectivity index (χ3v) is 6.03. The molecule has 0 saturated heterocycles. The van der Waals surface area contributed by atoms with E-state index in [0.717, 1.165) is 16.6 Å². The van der Waals surface area contributed by atoms with Crippen molar-refractivity contribution >= 4 is 39.1 Å². The van der Waals surface area contributed by atoms with Gasteiger partial charge >= 0.3 is 0 Å². The van der Waals surface area contributed by atoms with Gasteiger partial charge < -0.3 is 10.2 Å². The molecule has 0 aliphatic heterocycles. The maximum Gasteiger partial charge on any atom is 0.244 e. The lowest BCUT2D eigenvalue weighted by atomic mass is 10.1. The molecular formula is C22H27ClFN3O4S. The lowest BCUT2D eigenvalue weighted by molar-refractivity contribution is -0.139. The Hall–Kier alpha value is -2.65. The summed E-state index contributed by atoms with van der Waals surface area (Å²) in [4.78, 5) is 27.2. The van der Waals surface area contributed by atoms with Crippen LogP contribution in [0.3, 0.4) is 0 Å². The highest BCUT2D eigenvalue weighted by atomic mass is 35.5. The molecular weight excluding hydrogens is 457 g/mol. The van der Waals surface area contributed by atoms with Crippen LogP contribution in [-0.2, 0) is 26.2 Å². The van der Waals surface area contributed by atoms with Crippen molar-refractivity contribution in [3.63, 3.8) is 0 Å². The number of benzene rings is 2. The smallest absolute Gasteiger partial charge is 0.244 e. The van der Waals surface area contributed by atoms with Gasteiger partial charge in [-0.15, -0.1) is 0 Å². The van der Waals surface area contributed by atoms with E-state index in [1.807, 2.05) is 0 Å². The summed E-state index contributed by atoms with van der Waals surface area (Å²) in [5, 5.41) is 3.28. The largest absolute Gasteiger partial charge is 0.352 e. The molecule has 0 spiro atoms. The summed E-state index contributed by atoms with van der Waals surface area (Å²) >= 11 is 5.93. The number of amides is 2. The second-order valence-electron chi connectivity index (χ2n) is 7.74. The number of halogens is 2. The normalized spacial score (nSPS) is 12.3. The average molecular weight is 484 g/mol. The third kappa shape index (κ3) is 7.20. The predicted octanol–water partition coefficient (Wildman–Crippen LogP) is 3.19. The molecule has 7 nitrogen and oxygen atoms in total. The lowest BCUT2D eigenvalue weighted by Gasteiger charge is -2.31. The number of nitrogens with one attached hydrogen (secondary N) is 1. The number of sulfonamides is 1. The second kappa shape index (κ2) is 10.8. The van der Waals surface area contributed by atoms with E-state index < -0.39 is 34.3 Å². The van der Waals surface area contributed by atoms with E-state index in [0.29, 0.717) is 10.6 Å². The van der Waals surface area contributed by atoms with E-state index in [2.05, 4.69) is 5.32 Å². The van der Waals surface area contributed by atoms with E-state index in [9.17, 15) is 22.4 Å². The van der Waals surface area contributed by atoms with E-state index >= 15 is 0 Å². The summed E-state index contributed by atoms with van der Waals surface area (Å²) in [5.41, 5.74) is 0.732. The zero-order valence-corrected chi connectivity index (χ0v) is 20.0. The molecule has 0 aliphatic carbocycles. The van der Waals surface area contributed by atoms with Crippen LogP contribution in [0.2, 0.25) is 5.02 Å². The quantitative estimate of drug-likeness (QED) is 0.593. The first-order chi connectivity index (χ1) is 14.9. The maximum absolute atomic E-state index is 13.7. The predicted molar refractivity (Wildman–Crippen MR) is 123 cm³/mol. The minimum Gasteiger partial charge on any atom is -0.352 e. The van der Waals surface area contributed by atoms with Gasteiger partial charge in [0.25, 0.3) is 0 Å². The highest BCUT2D eigenvalue weighted by Crippen LogP contribution is 2.20. The summed E-state index contributed by atoms with van der Waals surface area (Å²) in [5.74, 6) is -1.62. The van der Waals surface area contributed by atoms with Gasteiger partial charge in [-0.3, -0.25) is 13.9 Å². The Kier molecular flexibility index (Phi) is 8.63. The van der Waals surface area contributed by atoms with Crippen LogP contribution < -0.4 is 9.62 Å². The first-order valence-corrected chi connectivity index (χ1v) is 12.2. The fourth-order valence-corrected chi connectivity index (χ4v) is 3.99. The van der Waals surface area contributed by atoms with E-state index in [1.165, 1.54) is 23.1 Å². The molecule has 0 aliphatic rings. The van der Waals surface area contributed by atoms with Crippen LogP contribution in [0.5, 0.6) is 0 Å². The molecule has 0 aromatic heterocycles. The van der Waals surface area contributed by atoms with Crippen LogP contribution >= 0.6 is 11.6 Å². The molecule has 0 fully saturated rings. The Bertz CT molecular complexity index is 1060. The summed E-state index contributed by atoms with van der Waals surface area (Å²) < 4.78 is 39.3. The van der Waals surface area contributed by atoms with Gasteiger partial charge in [0, 0.05) is 17.6 Å². The van der Waals surface area contributed by atoms with Crippen LogP contribution in [-0.4, -0.2) is 50.0 Å². The molecule has 2 amide bonds. The number of hydrogen-bond donors (Lipinski definition) is 1. The topological polar surface area (TPSA) is 86.8 Å². The lowest BCUT2D eigenvalue weighted by Crippen LogP contribution is -2.52. The van der Waals surface area contributed by atoms with Crippen LogP contribution in [0.4, 0.5) is 10.1 Å². The molecule has 32 heavy (non-hydrogen) atoms. The minimum atomic E-state index is -3.91. The van der Waals surface area contributed by atoms with Gasteiger partial charge in [0.1, 0.15) is 18.4 Å². The van der Waals surface area contributed by atoms with E-state index in [4.69, 9.17) is 11.6 Å². The summed E-state index contributed by atoms with van der Waals surface area (Å²) in [6.07, 6.45) is 0.934. The van der Waals surface area contributed by atoms with Gasteiger partial charge in [0.15, 0.2) is 0 Å². The standard InChI is InChI=1S/C22H27ClFN3O4S/c1-15(2)25-22(29)16(3)26(13-17-8-10-18(23)11-9-17)21(28)14-27(32(4,30)31)20-7-5-6-19(24)12-20/h5-12,15-16H,13-14H2,1-4H3,(H,25,29). The van der Waals surface area contributed by atoms with Crippen molar-refractivity contribution in [2.45, 2.75) is 39.4 Å². The molecule has 1 N–H and O–H groups in total. The van der Waals surface area contributed by atoms with Crippen molar-refractivity contribution in [1.29, 1.82) is 0 Å². The Morgan fingerprint density at radius 2 is 1.72 bits per heavy atom. The van der Waals surface area contributed by atoms with Crippen LogP contribution in [0.25, 0.3) is 0 Å². The van der Waals surface area contributed by atoms with Crippen molar-refractivity contribution < 1.29 is 22.4 Å². The second-order valence-corrected chi connectivity index (χ2v) is 10.1. The molecule has 1 unspecified atom stereocenters. The third-order valence-electron chi connectivity index (χ3n) is 4.64. The van der Waals surface area contributed by atoms with Gasteiger partial charge in [-0.1, -0.05) is 29.8 Å². The van der Waals surface area contributed by atoms with E-state index in [1.54, 1.807) is 45.0 Å². The zero-order valence-electron chi connectivity index (χ0n) is 18.4. The van der Waals surface area contributed by atoms with Gasteiger partial charge in [-0.25, -0.2) is 12.8 Å². The molecule has 0 heterocycles. The number of nitrogens with zero attached hydrogens (tertiary/aromatic N) is 2. The molecule has 0 saturated carbocycles. The van der Waals surface area contributed by atoms with Crippen molar-refractivity contribution in [2.24, 2.45) is 0 Å². The molecule has 2 rings (SSSR count). The van der Waals surface area contributed by atoms with Crippen molar-refractivity contribution in [3.05, 3.63) is 64.9 Å². The molecule has 0 radical (unpaired) electrons. The zero-order chi connectivity index (χ0) is 24.1. The molecule has 1 atom stereocenters. The van der Waals surface area contributed by atoms with Gasteiger partial charge in [0.05, 0.1) is 11.9 Å². The number of carbonyl (C=O) groups is 2. The SMILES string of the molecule is CC(C)NC(=O)C(C)N(Cc1ccc(Cl)cc1)C(=O)CN(c1cccc(F)c1)S(C)(=O)=O. The fraction of sp³-hybridized carbons (Fsp3) is 0.364. The van der Waals surface area contributed by atoms with Gasteiger partial charge in [-0.05, 0) is 56.7 Å². The molecule has 174 valence electrons. The molecule has 0 bridgehead atoms. The first-order valence-electron chi connectivity index (χ1n) is 9.96. The fourth-order valence-electron chi connectivity index (χ4n) is 3.02. The average Bonchev–Trinajstić information content (AvgIpc) is 2.69. The number of carbonyl (C=O) groups excluding carboxylic acids is 2. The first kappa shape index (κ1) is 25.6. The maximum atomic E-state index is 13.7. The Balaban J connectivity index is 2.38. The molecule has 10 heteroatoms. The van der Waals surface area contributed by atoms with Gasteiger partial charge in [0.2, 0.25) is 21.8 Å². The van der Waals surface area contributed by atoms with Crippen LogP contribution in [0.15, 0.2) is 48.5 Å². The molecule has 2 aromatic rings. The number of hydrogen-bond acceptors (Lipinski definition) is 4. The van der Waals surface area contributed by atoms with E-state index in [-0.39, 0.29) is 24.2 Å². The molecule has 2 aromatic carbocycles. The summed E-state index contributed by atoms with van der Waals surface area (Å²) in [6, 6.07) is 10.7. The Morgan fingerprint density at radius 3 is 2.25 bits per heavy atom. The van der Waals surface area contributed by atoms with Crippen LogP contribution in [0, 0.1) is 5.82 Å². The Labute approximate surface area is 193 Å². The highest BCUT2D eigenvalue weighted by molar-refractivity contribution is 7.92. The summed E-state index contributed by atoms with van der Waals surface area (Å²) in [7, 11) is -3.91. The number of anilines is 1. The minimum absolute atomic E-state index is 0.0200. The van der Waals surface area contributed by atoms with Crippen LogP contribution in [0.1, 0.15) is 26.3 Å². The van der Waals surface area contributed by atoms with Gasteiger partial charge in [-0.2, -0.15) is 0 Å².